The van der Waals surface area contributed by atoms with Crippen molar-refractivity contribution in [3.05, 3.63) is 107 Å². The number of hydrogen-bond donors (Lipinski definition) is 4. The SMILES string of the molecule is [CH2-]COC(=O)c1ccc(COc2ccc(-c3cc(O)c4c(c3N)C(=O)c3c(O)ccc(N)c3C4=O)cc2)cc1.[Rf]. The third-order valence-corrected chi connectivity index (χ3v) is 6.46. The van der Waals surface area contributed by atoms with Gasteiger partial charge in [-0.2, -0.15) is 0 Å². The number of fused-ring (bicyclic) bond motifs is 2. The number of aromatic hydroxyl groups is 2. The number of carbonyl (C=O) groups is 3. The smallest absolute Gasteiger partial charge is 0.335 e. The molecule has 0 aromatic heterocycles. The zero-order valence-corrected chi connectivity index (χ0v) is 27.7. The van der Waals surface area contributed by atoms with Crippen LogP contribution in [-0.2, 0) is 11.3 Å². The van der Waals surface area contributed by atoms with Crippen molar-refractivity contribution < 1.29 is 34.1 Å². The first kappa shape index (κ1) is 26.7. The first-order valence-electron chi connectivity index (χ1n) is 11.9. The molecule has 1 aliphatic carbocycles. The average Bonchev–Trinajstić information content (AvgIpc) is 2.93. The number of anilines is 2. The molecular weight excluding hydrogens is 767 g/mol. The van der Waals surface area contributed by atoms with Crippen LogP contribution in [0.25, 0.3) is 11.1 Å². The molecule has 0 atom stereocenters. The number of ketones is 2. The molecule has 0 saturated carbocycles. The van der Waals surface area contributed by atoms with Crippen molar-refractivity contribution >= 4 is 28.9 Å². The third-order valence-electron chi connectivity index (χ3n) is 6.46. The third kappa shape index (κ3) is 4.37. The van der Waals surface area contributed by atoms with Crippen LogP contribution in [0, 0.1) is 6.92 Å². The fraction of sp³-hybridized carbons (Fsp3) is 0.0667. The second kappa shape index (κ2) is 10.2. The van der Waals surface area contributed by atoms with Crippen molar-refractivity contribution in [2.24, 2.45) is 0 Å². The summed E-state index contributed by atoms with van der Waals surface area (Å²) in [6.45, 7) is 3.78. The minimum atomic E-state index is -0.704. The van der Waals surface area contributed by atoms with Crippen LogP contribution in [0.15, 0.2) is 66.7 Å². The van der Waals surface area contributed by atoms with E-state index in [1.807, 2.05) is 0 Å². The Balaban J connectivity index is 0.00000370. The Morgan fingerprint density at radius 1 is 0.800 bits per heavy atom. The van der Waals surface area contributed by atoms with Gasteiger partial charge in [0.1, 0.15) is 23.9 Å². The summed E-state index contributed by atoms with van der Waals surface area (Å²) in [5.41, 5.74) is 13.6. The average molecular weight is 791 g/mol. The van der Waals surface area contributed by atoms with Crippen LogP contribution in [0.3, 0.4) is 0 Å². The molecular formula is C30H23N2O7Rf-. The number of carbonyl (C=O) groups excluding carboxylic acids is 3. The fourth-order valence-electron chi connectivity index (χ4n) is 4.53. The van der Waals surface area contributed by atoms with Gasteiger partial charge in [0, 0.05) is 11.3 Å². The predicted molar refractivity (Wildman–Crippen MR) is 144 cm³/mol. The number of esters is 1. The molecule has 0 amide bonds. The molecule has 4 aromatic carbocycles. The molecule has 10 heteroatoms. The molecule has 40 heavy (non-hydrogen) atoms. The standard InChI is InChI=1S/C30H23N2O7.Rf/c1-2-38-30(37)17-5-3-15(4-6-17)14-39-18-9-7-16(8-10-18)19-13-22(34)25-26(27(19)32)29(36)24-21(33)12-11-20(31)23(24)28(25)35;/h3-13,33-34H,1-2,14,31-32H2;/q-1;. The van der Waals surface area contributed by atoms with Gasteiger partial charge in [-0.15, -0.1) is 0 Å². The summed E-state index contributed by atoms with van der Waals surface area (Å²) < 4.78 is 10.7. The molecule has 6 N–H and O–H groups in total. The monoisotopic (exact) mass is 790 g/mol. The fourth-order valence-corrected chi connectivity index (χ4v) is 4.53. The molecule has 0 heterocycles. The normalized spacial score (nSPS) is 11.7. The molecule has 9 nitrogen and oxygen atoms in total. The largest absolute Gasteiger partial charge is 0.507 e. The van der Waals surface area contributed by atoms with Crippen molar-refractivity contribution in [3.63, 3.8) is 0 Å². The Hall–Kier alpha value is -6.31. The first-order chi connectivity index (χ1) is 18.7. The molecule has 198 valence electrons. The van der Waals surface area contributed by atoms with Gasteiger partial charge in [-0.3, -0.25) is 9.59 Å². The van der Waals surface area contributed by atoms with E-state index >= 15 is 0 Å². The molecule has 0 fully saturated rings. The van der Waals surface area contributed by atoms with Crippen LogP contribution in [0.4, 0.5) is 11.4 Å². The van der Waals surface area contributed by atoms with E-state index in [1.54, 1.807) is 48.5 Å². The molecule has 0 spiro atoms. The van der Waals surface area contributed by atoms with Gasteiger partial charge in [0.15, 0.2) is 0 Å². The summed E-state index contributed by atoms with van der Waals surface area (Å²) in [7, 11) is 0. The summed E-state index contributed by atoms with van der Waals surface area (Å²) in [6, 6.07) is 17.5. The minimum absolute atomic E-state index is 0. The van der Waals surface area contributed by atoms with Crippen LogP contribution in [0.2, 0.25) is 0 Å². The van der Waals surface area contributed by atoms with Crippen molar-refractivity contribution in [3.8, 4) is 28.4 Å². The van der Waals surface area contributed by atoms with Gasteiger partial charge < -0.3 is 38.1 Å². The maximum atomic E-state index is 13.3. The Labute approximate surface area is 223 Å². The van der Waals surface area contributed by atoms with E-state index in [0.717, 1.165) is 5.56 Å². The second-order valence-corrected chi connectivity index (χ2v) is 8.83. The molecule has 4 aromatic rings. The molecule has 5 rings (SSSR count). The summed E-state index contributed by atoms with van der Waals surface area (Å²) in [6.07, 6.45) is 0. The van der Waals surface area contributed by atoms with Crippen molar-refractivity contribution in [1.29, 1.82) is 0 Å². The zero-order valence-electron chi connectivity index (χ0n) is 21.3. The minimum Gasteiger partial charge on any atom is -0.507 e. The Morgan fingerprint density at radius 3 is 2.08 bits per heavy atom. The van der Waals surface area contributed by atoms with E-state index < -0.39 is 29.0 Å². The Bertz CT molecular complexity index is 1650. The van der Waals surface area contributed by atoms with Crippen LogP contribution < -0.4 is 16.2 Å². The number of nitrogens with two attached hydrogens (primary N) is 2. The van der Waals surface area contributed by atoms with Gasteiger partial charge in [-0.05, 0) is 60.2 Å². The van der Waals surface area contributed by atoms with Gasteiger partial charge >= 0.3 is 5.97 Å². The van der Waals surface area contributed by atoms with E-state index in [4.69, 9.17) is 20.9 Å². The van der Waals surface area contributed by atoms with E-state index in [9.17, 15) is 24.6 Å². The van der Waals surface area contributed by atoms with Gasteiger partial charge in [-0.25, -0.2) is 4.79 Å². The van der Waals surface area contributed by atoms with Gasteiger partial charge in [0.25, 0.3) is 0 Å². The first-order valence-corrected chi connectivity index (χ1v) is 11.9. The summed E-state index contributed by atoms with van der Waals surface area (Å²) >= 11 is 0. The van der Waals surface area contributed by atoms with Crippen molar-refractivity contribution in [2.75, 3.05) is 18.1 Å². The maximum absolute atomic E-state index is 13.3. The molecule has 1 aliphatic rings. The quantitative estimate of drug-likeness (QED) is 0.0853. The predicted octanol–water partition coefficient (Wildman–Crippen LogP) is 4.27. The number of rotatable bonds is 6. The van der Waals surface area contributed by atoms with E-state index in [2.05, 4.69) is 6.92 Å². The molecule has 0 unspecified atom stereocenters. The van der Waals surface area contributed by atoms with Crippen LogP contribution >= 0.6 is 0 Å². The number of benzene rings is 4. The van der Waals surface area contributed by atoms with Gasteiger partial charge in [-0.1, -0.05) is 24.3 Å². The number of phenols is 2. The number of hydrogen-bond acceptors (Lipinski definition) is 9. The van der Waals surface area contributed by atoms with E-state index in [-0.39, 0.29) is 46.8 Å². The topological polar surface area (TPSA) is 162 Å². The maximum Gasteiger partial charge on any atom is 0.335 e. The number of nitrogen functional groups attached to an aromatic ring is 2. The number of phenolic OH excluding ortho intramolecular Hbond substituents is 2. The molecule has 0 saturated heterocycles. The molecule has 0 aliphatic heterocycles. The Kier molecular flexibility index (Phi) is 6.83. The Morgan fingerprint density at radius 2 is 1.43 bits per heavy atom. The zero-order chi connectivity index (χ0) is 27.8. The number of ether oxygens (including phenoxy) is 2. The summed E-state index contributed by atoms with van der Waals surface area (Å²) in [5, 5.41) is 21.1. The van der Waals surface area contributed by atoms with Crippen molar-refractivity contribution in [1.82, 2.24) is 0 Å². The second-order valence-electron chi connectivity index (χ2n) is 8.83. The van der Waals surface area contributed by atoms with Crippen LogP contribution in [-0.4, -0.2) is 34.4 Å². The molecule has 0 radical (unpaired) electrons. The summed E-state index contributed by atoms with van der Waals surface area (Å²) in [4.78, 5) is 38.3. The van der Waals surface area contributed by atoms with Gasteiger partial charge in [0.05, 0.1) is 33.5 Å². The van der Waals surface area contributed by atoms with Crippen LogP contribution in [0.1, 0.15) is 47.8 Å². The van der Waals surface area contributed by atoms with Crippen LogP contribution in [0.5, 0.6) is 17.2 Å². The van der Waals surface area contributed by atoms with Gasteiger partial charge in [0.2, 0.25) is 11.6 Å². The molecule has 0 bridgehead atoms. The van der Waals surface area contributed by atoms with E-state index in [0.29, 0.717) is 22.4 Å². The summed E-state index contributed by atoms with van der Waals surface area (Å²) in [5.74, 6) is -2.13. The van der Waals surface area contributed by atoms with E-state index in [1.165, 1.54) is 18.2 Å². The van der Waals surface area contributed by atoms with Crippen molar-refractivity contribution in [2.45, 2.75) is 6.61 Å².